The topological polar surface area (TPSA) is 125 Å². The fourth-order valence-electron chi connectivity index (χ4n) is 4.93. The fraction of sp³-hybridized carbons (Fsp3) is 0.103. The number of ether oxygens (including phenoxy) is 2. The molecule has 0 unspecified atom stereocenters. The number of nitrogens with one attached hydrogen (secondary N) is 1. The molecule has 0 fully saturated rings. The lowest BCUT2D eigenvalue weighted by molar-refractivity contribution is 0.0224. The monoisotopic (exact) mass is 495 g/mol. The molecule has 2 heterocycles. The van der Waals surface area contributed by atoms with E-state index in [2.05, 4.69) is 5.32 Å². The second kappa shape index (κ2) is 8.30. The van der Waals surface area contributed by atoms with Crippen LogP contribution in [0, 0.1) is 0 Å². The quantitative estimate of drug-likeness (QED) is 0.310. The number of hydrogen-bond acceptors (Lipinski definition) is 7. The van der Waals surface area contributed by atoms with Crippen molar-refractivity contribution in [3.8, 4) is 28.7 Å². The molecule has 0 saturated heterocycles. The average Bonchev–Trinajstić information content (AvgIpc) is 3.17. The van der Waals surface area contributed by atoms with E-state index in [0.717, 1.165) is 5.56 Å². The van der Waals surface area contributed by atoms with Gasteiger partial charge >= 0.3 is 5.97 Å². The Kier molecular flexibility index (Phi) is 5.05. The molecule has 184 valence electrons. The van der Waals surface area contributed by atoms with Crippen molar-refractivity contribution in [2.24, 2.45) is 0 Å². The van der Waals surface area contributed by atoms with Crippen molar-refractivity contribution < 1.29 is 34.4 Å². The number of aromatic hydroxyl groups is 3. The Hall–Kier alpha value is -4.98. The van der Waals surface area contributed by atoms with Gasteiger partial charge in [-0.15, -0.1) is 0 Å². The molecule has 1 spiro atoms. The number of phenols is 3. The summed E-state index contributed by atoms with van der Waals surface area (Å²) in [6.07, 6.45) is 0.579. The normalized spacial score (nSPS) is 14.2. The smallest absolute Gasteiger partial charge is 0.340 e. The molecule has 2 aliphatic rings. The maximum absolute atomic E-state index is 13.2. The van der Waals surface area contributed by atoms with Crippen molar-refractivity contribution in [3.05, 3.63) is 112 Å². The fourth-order valence-corrected chi connectivity index (χ4v) is 4.93. The van der Waals surface area contributed by atoms with Gasteiger partial charge in [-0.2, -0.15) is 0 Å². The minimum Gasteiger partial charge on any atom is -0.508 e. The number of fused-ring (bicyclic) bond motifs is 6. The summed E-state index contributed by atoms with van der Waals surface area (Å²) in [5.41, 5.74) is 1.70. The zero-order valence-corrected chi connectivity index (χ0v) is 19.4. The number of amides is 1. The van der Waals surface area contributed by atoms with Crippen LogP contribution < -0.4 is 10.1 Å². The predicted molar refractivity (Wildman–Crippen MR) is 132 cm³/mol. The van der Waals surface area contributed by atoms with Gasteiger partial charge in [0.2, 0.25) is 0 Å². The minimum absolute atomic E-state index is 0.0265. The second-order valence-corrected chi connectivity index (χ2v) is 8.97. The summed E-state index contributed by atoms with van der Waals surface area (Å²) < 4.78 is 12.0. The molecular weight excluding hydrogens is 474 g/mol. The van der Waals surface area contributed by atoms with E-state index in [1.165, 1.54) is 30.3 Å². The Morgan fingerprint density at radius 1 is 0.757 bits per heavy atom. The zero-order valence-electron chi connectivity index (χ0n) is 19.4. The van der Waals surface area contributed by atoms with Gasteiger partial charge in [0, 0.05) is 40.9 Å². The van der Waals surface area contributed by atoms with E-state index in [-0.39, 0.29) is 40.2 Å². The first kappa shape index (κ1) is 22.5. The highest BCUT2D eigenvalue weighted by Crippen LogP contribution is 2.57. The number of carbonyl (C=O) groups excluding carboxylic acids is 2. The van der Waals surface area contributed by atoms with E-state index in [9.17, 15) is 24.9 Å². The van der Waals surface area contributed by atoms with Crippen LogP contribution in [0.15, 0.2) is 78.9 Å². The Morgan fingerprint density at radius 2 is 1.35 bits per heavy atom. The molecule has 1 amide bonds. The summed E-state index contributed by atoms with van der Waals surface area (Å²) >= 11 is 0. The lowest BCUT2D eigenvalue weighted by Crippen LogP contribution is -2.33. The number of rotatable bonds is 4. The van der Waals surface area contributed by atoms with Crippen LogP contribution in [0.3, 0.4) is 0 Å². The Morgan fingerprint density at radius 3 is 2.00 bits per heavy atom. The summed E-state index contributed by atoms with van der Waals surface area (Å²) in [6, 6.07) is 20.7. The zero-order chi connectivity index (χ0) is 25.7. The molecule has 4 aromatic rings. The first-order valence-electron chi connectivity index (χ1n) is 11.6. The molecule has 0 aliphatic carbocycles. The third kappa shape index (κ3) is 3.61. The molecule has 0 bridgehead atoms. The summed E-state index contributed by atoms with van der Waals surface area (Å²) in [7, 11) is 0. The van der Waals surface area contributed by atoms with Gasteiger partial charge in [-0.3, -0.25) is 4.79 Å². The first-order chi connectivity index (χ1) is 17.8. The van der Waals surface area contributed by atoms with E-state index in [1.54, 1.807) is 48.5 Å². The van der Waals surface area contributed by atoms with Crippen molar-refractivity contribution in [1.29, 1.82) is 0 Å². The lowest BCUT2D eigenvalue weighted by atomic mass is 9.77. The van der Waals surface area contributed by atoms with E-state index in [0.29, 0.717) is 35.2 Å². The van der Waals surface area contributed by atoms with Crippen molar-refractivity contribution >= 4 is 11.9 Å². The van der Waals surface area contributed by atoms with E-state index in [4.69, 9.17) is 9.47 Å². The van der Waals surface area contributed by atoms with Crippen molar-refractivity contribution in [3.63, 3.8) is 0 Å². The molecule has 6 rings (SSSR count). The Balaban J connectivity index is 1.35. The lowest BCUT2D eigenvalue weighted by Gasteiger charge is -2.36. The Labute approximate surface area is 211 Å². The van der Waals surface area contributed by atoms with Crippen molar-refractivity contribution in [2.45, 2.75) is 12.0 Å². The number of benzene rings is 4. The standard InChI is InChI=1S/C29H21NO7/c31-18-4-1-16(2-5-18)11-12-30-27(34)17-3-8-22-21(13-17)28(35)37-29(22)23-9-6-19(32)14-25(23)36-26-15-20(33)7-10-24(26)29/h1-10,13-15,31-33H,11-12H2,(H,30,34). The van der Waals surface area contributed by atoms with E-state index in [1.807, 2.05) is 0 Å². The van der Waals surface area contributed by atoms with Gasteiger partial charge in [0.25, 0.3) is 5.91 Å². The highest BCUT2D eigenvalue weighted by molar-refractivity contribution is 6.01. The number of carbonyl (C=O) groups is 2. The van der Waals surface area contributed by atoms with Gasteiger partial charge in [0.05, 0.1) is 5.56 Å². The molecule has 37 heavy (non-hydrogen) atoms. The van der Waals surface area contributed by atoms with Gasteiger partial charge in [-0.05, 0) is 60.5 Å². The molecule has 8 nitrogen and oxygen atoms in total. The van der Waals surface area contributed by atoms with Crippen LogP contribution in [0.1, 0.15) is 43.0 Å². The number of esters is 1. The summed E-state index contributed by atoms with van der Waals surface area (Å²) in [5.74, 6) is -0.238. The summed E-state index contributed by atoms with van der Waals surface area (Å²) in [6.45, 7) is 0.375. The highest BCUT2D eigenvalue weighted by atomic mass is 16.6. The van der Waals surface area contributed by atoms with E-state index < -0.39 is 11.6 Å². The molecule has 0 saturated carbocycles. The van der Waals surface area contributed by atoms with Crippen LogP contribution in [0.2, 0.25) is 0 Å². The number of phenolic OH excluding ortho intramolecular Hbond substituents is 3. The van der Waals surface area contributed by atoms with Crippen LogP contribution in [0.5, 0.6) is 28.7 Å². The second-order valence-electron chi connectivity index (χ2n) is 8.97. The molecule has 0 radical (unpaired) electrons. The summed E-state index contributed by atoms with van der Waals surface area (Å²) in [4.78, 5) is 26.0. The van der Waals surface area contributed by atoms with Gasteiger partial charge < -0.3 is 30.1 Å². The maximum Gasteiger partial charge on any atom is 0.340 e. The molecular formula is C29H21NO7. The maximum atomic E-state index is 13.2. The van der Waals surface area contributed by atoms with Gasteiger partial charge in [0.15, 0.2) is 5.60 Å². The average molecular weight is 495 g/mol. The SMILES string of the molecule is O=C(NCCc1ccc(O)cc1)c1ccc2c(c1)C(=O)OC21c2ccc(O)cc2Oc2cc(O)ccc21. The summed E-state index contributed by atoms with van der Waals surface area (Å²) in [5, 5.41) is 32.3. The predicted octanol–water partition coefficient (Wildman–Crippen LogP) is 4.34. The van der Waals surface area contributed by atoms with Crippen LogP contribution in [0.4, 0.5) is 0 Å². The van der Waals surface area contributed by atoms with Crippen LogP contribution in [0.25, 0.3) is 0 Å². The van der Waals surface area contributed by atoms with Crippen LogP contribution >= 0.6 is 0 Å². The molecule has 0 atom stereocenters. The van der Waals surface area contributed by atoms with Crippen molar-refractivity contribution in [1.82, 2.24) is 5.32 Å². The number of hydrogen-bond donors (Lipinski definition) is 4. The van der Waals surface area contributed by atoms with Gasteiger partial charge in [-0.25, -0.2) is 4.79 Å². The third-order valence-electron chi connectivity index (χ3n) is 6.67. The molecule has 0 aromatic heterocycles. The van der Waals surface area contributed by atoms with Crippen LogP contribution in [-0.2, 0) is 16.8 Å². The largest absolute Gasteiger partial charge is 0.508 e. The molecule has 2 aliphatic heterocycles. The first-order valence-corrected chi connectivity index (χ1v) is 11.6. The van der Waals surface area contributed by atoms with Crippen LogP contribution in [-0.4, -0.2) is 33.7 Å². The van der Waals surface area contributed by atoms with Gasteiger partial charge in [-0.1, -0.05) is 18.2 Å². The third-order valence-corrected chi connectivity index (χ3v) is 6.67. The Bertz CT molecular complexity index is 1520. The molecule has 4 aromatic carbocycles. The highest BCUT2D eigenvalue weighted by Gasteiger charge is 2.53. The molecule has 4 N–H and O–H groups in total. The molecule has 8 heteroatoms. The van der Waals surface area contributed by atoms with Crippen molar-refractivity contribution in [2.75, 3.05) is 6.54 Å². The van der Waals surface area contributed by atoms with Gasteiger partial charge in [0.1, 0.15) is 28.7 Å². The van der Waals surface area contributed by atoms with E-state index >= 15 is 0 Å². The minimum atomic E-state index is -1.37.